The molecule has 1 aromatic heterocycles. The molecule has 8 nitrogen and oxygen atoms in total. The van der Waals surface area contributed by atoms with Crippen LogP contribution in [-0.2, 0) is 13.9 Å². The number of methoxy groups -OCH3 is 1. The number of nitrogens with one attached hydrogen (secondary N) is 1. The molecule has 0 spiro atoms. The minimum atomic E-state index is -2.20. The van der Waals surface area contributed by atoms with Crippen LogP contribution in [0.1, 0.15) is 84.7 Å². The molecular formula is C21H38N2O6Si. The van der Waals surface area contributed by atoms with Gasteiger partial charge in [0, 0.05) is 0 Å². The van der Waals surface area contributed by atoms with Crippen molar-refractivity contribution in [2.45, 2.75) is 90.6 Å². The molecule has 0 radical (unpaired) electrons. The van der Waals surface area contributed by atoms with Gasteiger partial charge in [-0.25, -0.2) is 14.6 Å². The molecule has 0 aliphatic heterocycles. The average Bonchev–Trinajstić information content (AvgIpc) is 3.07. The molecule has 1 heterocycles. The molecule has 1 aromatic rings. The van der Waals surface area contributed by atoms with Gasteiger partial charge in [0.05, 0.1) is 13.7 Å². The van der Waals surface area contributed by atoms with Crippen LogP contribution >= 0.6 is 0 Å². The number of amides is 1. The molecule has 1 unspecified atom stereocenters. The summed E-state index contributed by atoms with van der Waals surface area (Å²) >= 11 is 0. The quantitative estimate of drug-likeness (QED) is 0.413. The standard InChI is InChI=1S/C21H38N2O6Si/c1-13(2)30(14(3)4,15(5)6)28-12-16(23-20(25)29-21(7,8)9)18-22-17(11-27-18)19(24)26-10/h11,13-16H,12H2,1-10H3,(H,23,25). The fourth-order valence-electron chi connectivity index (χ4n) is 4.00. The molecule has 0 saturated carbocycles. The molecule has 9 heteroatoms. The Morgan fingerprint density at radius 3 is 2.07 bits per heavy atom. The Balaban J connectivity index is 3.18. The summed E-state index contributed by atoms with van der Waals surface area (Å²) in [7, 11) is -0.928. The molecule has 0 bridgehead atoms. The smallest absolute Gasteiger partial charge is 0.408 e. The van der Waals surface area contributed by atoms with E-state index in [0.717, 1.165) is 0 Å². The highest BCUT2D eigenvalue weighted by atomic mass is 28.4. The molecule has 172 valence electrons. The van der Waals surface area contributed by atoms with E-state index in [2.05, 4.69) is 56.6 Å². The second-order valence-corrected chi connectivity index (χ2v) is 14.8. The minimum absolute atomic E-state index is 0.0311. The monoisotopic (exact) mass is 442 g/mol. The Morgan fingerprint density at radius 2 is 1.63 bits per heavy atom. The zero-order valence-corrected chi connectivity index (χ0v) is 21.0. The topological polar surface area (TPSA) is 99.9 Å². The number of oxazole rings is 1. The van der Waals surface area contributed by atoms with Crippen LogP contribution in [0.3, 0.4) is 0 Å². The predicted molar refractivity (Wildman–Crippen MR) is 117 cm³/mol. The highest BCUT2D eigenvalue weighted by molar-refractivity contribution is 6.77. The number of aromatic nitrogens is 1. The highest BCUT2D eigenvalue weighted by Gasteiger charge is 2.45. The summed E-state index contributed by atoms with van der Waals surface area (Å²) in [5.41, 5.74) is 0.485. The van der Waals surface area contributed by atoms with Crippen LogP contribution in [0.2, 0.25) is 16.6 Å². The summed E-state index contributed by atoms with van der Waals surface area (Å²) in [6, 6.07) is -0.707. The third-order valence-corrected chi connectivity index (χ3v) is 11.2. The summed E-state index contributed by atoms with van der Waals surface area (Å²) < 4.78 is 22.2. The van der Waals surface area contributed by atoms with Gasteiger partial charge >= 0.3 is 12.1 Å². The van der Waals surface area contributed by atoms with Crippen molar-refractivity contribution in [1.82, 2.24) is 10.3 Å². The Hall–Kier alpha value is -1.87. The van der Waals surface area contributed by atoms with E-state index in [-0.39, 0.29) is 18.2 Å². The number of ether oxygens (including phenoxy) is 2. The number of nitrogens with zero attached hydrogens (tertiary/aromatic N) is 1. The number of alkyl carbamates (subject to hydrolysis) is 1. The first-order chi connectivity index (χ1) is 13.7. The maximum absolute atomic E-state index is 12.4. The van der Waals surface area contributed by atoms with Crippen molar-refractivity contribution < 1.29 is 27.9 Å². The van der Waals surface area contributed by atoms with E-state index < -0.39 is 32.0 Å². The Morgan fingerprint density at radius 1 is 1.10 bits per heavy atom. The van der Waals surface area contributed by atoms with Crippen molar-refractivity contribution >= 4 is 20.4 Å². The van der Waals surface area contributed by atoms with Gasteiger partial charge in [0.25, 0.3) is 0 Å². The first kappa shape index (κ1) is 26.2. The van der Waals surface area contributed by atoms with Gasteiger partial charge in [-0.2, -0.15) is 0 Å². The third kappa shape index (κ3) is 6.56. The molecule has 0 aliphatic carbocycles. The Kier molecular flexibility index (Phi) is 9.10. The van der Waals surface area contributed by atoms with E-state index in [1.165, 1.54) is 13.4 Å². The lowest BCUT2D eigenvalue weighted by atomic mass is 10.2. The summed E-state index contributed by atoms with van der Waals surface area (Å²) in [5.74, 6) is -0.447. The molecule has 1 rings (SSSR count). The van der Waals surface area contributed by atoms with E-state index in [0.29, 0.717) is 16.6 Å². The number of carbonyl (C=O) groups is 2. The lowest BCUT2D eigenvalue weighted by Gasteiger charge is -2.42. The van der Waals surface area contributed by atoms with E-state index in [1.54, 1.807) is 20.8 Å². The van der Waals surface area contributed by atoms with Gasteiger partial charge in [-0.15, -0.1) is 0 Å². The van der Waals surface area contributed by atoms with Gasteiger partial charge in [-0.1, -0.05) is 41.5 Å². The SMILES string of the molecule is COC(=O)c1coc(C(CO[Si](C(C)C)(C(C)C)C(C)C)NC(=O)OC(C)(C)C)n1. The van der Waals surface area contributed by atoms with Gasteiger partial charge < -0.3 is 23.6 Å². The van der Waals surface area contributed by atoms with Crippen molar-refractivity contribution in [2.24, 2.45) is 0 Å². The zero-order valence-electron chi connectivity index (χ0n) is 20.0. The largest absolute Gasteiger partial charge is 0.464 e. The van der Waals surface area contributed by atoms with Crippen molar-refractivity contribution in [2.75, 3.05) is 13.7 Å². The Labute approximate surface area is 181 Å². The van der Waals surface area contributed by atoms with E-state index in [9.17, 15) is 9.59 Å². The Bertz CT molecular complexity index is 687. The van der Waals surface area contributed by atoms with Crippen molar-refractivity contribution in [3.63, 3.8) is 0 Å². The van der Waals surface area contributed by atoms with Crippen LogP contribution in [0.25, 0.3) is 0 Å². The van der Waals surface area contributed by atoms with Gasteiger partial charge in [0.1, 0.15) is 17.9 Å². The third-order valence-electron chi connectivity index (χ3n) is 5.11. The van der Waals surface area contributed by atoms with Crippen molar-refractivity contribution in [1.29, 1.82) is 0 Å². The highest BCUT2D eigenvalue weighted by Crippen LogP contribution is 2.42. The molecular weight excluding hydrogens is 404 g/mol. The van der Waals surface area contributed by atoms with Crippen LogP contribution in [0, 0.1) is 0 Å². The van der Waals surface area contributed by atoms with Crippen molar-refractivity contribution in [3.05, 3.63) is 17.8 Å². The predicted octanol–water partition coefficient (Wildman–Crippen LogP) is 5.22. The van der Waals surface area contributed by atoms with E-state index in [1.807, 2.05) is 0 Å². The number of esters is 1. The maximum Gasteiger partial charge on any atom is 0.408 e. The van der Waals surface area contributed by atoms with E-state index in [4.69, 9.17) is 13.6 Å². The van der Waals surface area contributed by atoms with Crippen LogP contribution in [-0.4, -0.2) is 44.7 Å². The lowest BCUT2D eigenvalue weighted by Crippen LogP contribution is -2.49. The second kappa shape index (κ2) is 10.4. The fraction of sp³-hybridized carbons (Fsp3) is 0.762. The van der Waals surface area contributed by atoms with Gasteiger partial charge in [-0.3, -0.25) is 0 Å². The molecule has 0 fully saturated rings. The summed E-state index contributed by atoms with van der Waals surface area (Å²) in [6.45, 7) is 18.6. The number of hydrogen-bond acceptors (Lipinski definition) is 7. The zero-order chi connectivity index (χ0) is 23.3. The van der Waals surface area contributed by atoms with Crippen LogP contribution < -0.4 is 5.32 Å². The second-order valence-electron chi connectivity index (χ2n) is 9.39. The summed E-state index contributed by atoms with van der Waals surface area (Å²) in [4.78, 5) is 28.4. The first-order valence-corrected chi connectivity index (χ1v) is 12.6. The summed E-state index contributed by atoms with van der Waals surface area (Å²) in [5, 5.41) is 2.78. The van der Waals surface area contributed by atoms with E-state index >= 15 is 0 Å². The number of carbonyl (C=O) groups excluding carboxylic acids is 2. The first-order valence-electron chi connectivity index (χ1n) is 10.4. The normalized spacial score (nSPS) is 13.6. The molecule has 0 aromatic carbocycles. The fourth-order valence-corrected chi connectivity index (χ4v) is 9.45. The van der Waals surface area contributed by atoms with Crippen LogP contribution in [0.15, 0.2) is 10.7 Å². The minimum Gasteiger partial charge on any atom is -0.464 e. The molecule has 1 amide bonds. The van der Waals surface area contributed by atoms with Gasteiger partial charge in [0.15, 0.2) is 14.0 Å². The number of hydrogen-bond donors (Lipinski definition) is 1. The summed E-state index contributed by atoms with van der Waals surface area (Å²) in [6.07, 6.45) is 0.600. The maximum atomic E-state index is 12.4. The molecule has 1 atom stereocenters. The van der Waals surface area contributed by atoms with Crippen LogP contribution in [0.4, 0.5) is 4.79 Å². The molecule has 0 saturated heterocycles. The van der Waals surface area contributed by atoms with Gasteiger partial charge in [0.2, 0.25) is 5.89 Å². The molecule has 0 aliphatic rings. The van der Waals surface area contributed by atoms with Crippen LogP contribution in [0.5, 0.6) is 0 Å². The molecule has 30 heavy (non-hydrogen) atoms. The lowest BCUT2D eigenvalue weighted by molar-refractivity contribution is 0.0472. The molecule has 1 N–H and O–H groups in total. The average molecular weight is 443 g/mol. The number of rotatable bonds is 9. The van der Waals surface area contributed by atoms with Crippen molar-refractivity contribution in [3.8, 4) is 0 Å². The van der Waals surface area contributed by atoms with Gasteiger partial charge in [-0.05, 0) is 37.4 Å².